The Morgan fingerprint density at radius 3 is 2.94 bits per heavy atom. The summed E-state index contributed by atoms with van der Waals surface area (Å²) < 4.78 is 2.03. The van der Waals surface area contributed by atoms with E-state index >= 15 is 0 Å². The average Bonchev–Trinajstić information content (AvgIpc) is 2.82. The van der Waals surface area contributed by atoms with Gasteiger partial charge in [0, 0.05) is 18.7 Å². The van der Waals surface area contributed by atoms with Crippen LogP contribution in [0.2, 0.25) is 0 Å². The lowest BCUT2D eigenvalue weighted by atomic mass is 9.85. The van der Waals surface area contributed by atoms with Crippen molar-refractivity contribution in [3.63, 3.8) is 0 Å². The second kappa shape index (κ2) is 4.81. The molecule has 17 heavy (non-hydrogen) atoms. The van der Waals surface area contributed by atoms with E-state index in [1.54, 1.807) is 0 Å². The molecule has 2 unspecified atom stereocenters. The third-order valence-electron chi connectivity index (χ3n) is 4.19. The number of aromatic nitrogens is 2. The molecular weight excluding hydrogens is 212 g/mol. The number of hydrogen-bond acceptors (Lipinski definition) is 2. The first kappa shape index (κ1) is 12.6. The van der Waals surface area contributed by atoms with E-state index in [9.17, 15) is 5.11 Å². The highest BCUT2D eigenvalue weighted by atomic mass is 16.3. The lowest BCUT2D eigenvalue weighted by Crippen LogP contribution is -2.36. The molecule has 0 aliphatic heterocycles. The van der Waals surface area contributed by atoms with E-state index in [-0.39, 0.29) is 0 Å². The predicted molar refractivity (Wildman–Crippen MR) is 68.9 cm³/mol. The van der Waals surface area contributed by atoms with Gasteiger partial charge in [-0.3, -0.25) is 4.68 Å². The first-order chi connectivity index (χ1) is 8.09. The Balaban J connectivity index is 2.19. The summed E-state index contributed by atoms with van der Waals surface area (Å²) >= 11 is 0. The molecule has 0 radical (unpaired) electrons. The lowest BCUT2D eigenvalue weighted by Gasteiger charge is -2.29. The average molecular weight is 236 g/mol. The monoisotopic (exact) mass is 236 g/mol. The van der Waals surface area contributed by atoms with Gasteiger partial charge in [-0.1, -0.05) is 19.8 Å². The number of aliphatic hydroxyl groups is 1. The van der Waals surface area contributed by atoms with Crippen molar-refractivity contribution in [3.05, 3.63) is 17.5 Å². The fraction of sp³-hybridized carbons (Fsp3) is 0.786. The Morgan fingerprint density at radius 1 is 1.53 bits per heavy atom. The maximum Gasteiger partial charge on any atom is 0.0730 e. The molecule has 2 atom stereocenters. The number of nitrogens with zero attached hydrogens (tertiary/aromatic N) is 2. The van der Waals surface area contributed by atoms with Gasteiger partial charge in [0.15, 0.2) is 0 Å². The van der Waals surface area contributed by atoms with Gasteiger partial charge in [-0.05, 0) is 38.7 Å². The Morgan fingerprint density at radius 2 is 2.29 bits per heavy atom. The van der Waals surface area contributed by atoms with E-state index in [1.165, 1.54) is 12.1 Å². The fourth-order valence-electron chi connectivity index (χ4n) is 3.27. The van der Waals surface area contributed by atoms with Crippen molar-refractivity contribution in [1.82, 2.24) is 9.78 Å². The van der Waals surface area contributed by atoms with Crippen molar-refractivity contribution in [2.24, 2.45) is 5.92 Å². The van der Waals surface area contributed by atoms with Gasteiger partial charge in [-0.25, -0.2) is 0 Å². The minimum atomic E-state index is -0.492. The van der Waals surface area contributed by atoms with E-state index in [2.05, 4.69) is 25.0 Å². The van der Waals surface area contributed by atoms with Crippen LogP contribution in [0.15, 0.2) is 6.07 Å². The number of aryl methyl sites for hydroxylation is 2. The third-order valence-corrected chi connectivity index (χ3v) is 4.19. The van der Waals surface area contributed by atoms with Crippen molar-refractivity contribution in [2.45, 2.75) is 65.0 Å². The Hall–Kier alpha value is -0.830. The van der Waals surface area contributed by atoms with Crippen molar-refractivity contribution >= 4 is 0 Å². The van der Waals surface area contributed by atoms with Gasteiger partial charge >= 0.3 is 0 Å². The molecule has 1 N–H and O–H groups in total. The van der Waals surface area contributed by atoms with Gasteiger partial charge in [-0.15, -0.1) is 0 Å². The van der Waals surface area contributed by atoms with Crippen LogP contribution in [-0.2, 0) is 13.0 Å². The van der Waals surface area contributed by atoms with Crippen LogP contribution in [0, 0.1) is 12.8 Å². The molecule has 1 aromatic heterocycles. The summed E-state index contributed by atoms with van der Waals surface area (Å²) in [6, 6.07) is 2.12. The minimum absolute atomic E-state index is 0.461. The van der Waals surface area contributed by atoms with Crippen molar-refractivity contribution in [2.75, 3.05) is 0 Å². The summed E-state index contributed by atoms with van der Waals surface area (Å²) in [6.07, 6.45) is 5.12. The maximum atomic E-state index is 10.8. The Labute approximate surface area is 104 Å². The van der Waals surface area contributed by atoms with Crippen LogP contribution in [0.4, 0.5) is 0 Å². The van der Waals surface area contributed by atoms with E-state index < -0.39 is 5.60 Å². The van der Waals surface area contributed by atoms with Crippen LogP contribution in [-0.4, -0.2) is 20.5 Å². The number of rotatable bonds is 4. The molecule has 3 heteroatoms. The van der Waals surface area contributed by atoms with Crippen LogP contribution in [0.25, 0.3) is 0 Å². The van der Waals surface area contributed by atoms with Crippen molar-refractivity contribution < 1.29 is 5.11 Å². The fourth-order valence-corrected chi connectivity index (χ4v) is 3.27. The highest BCUT2D eigenvalue weighted by Gasteiger charge is 2.40. The molecule has 3 nitrogen and oxygen atoms in total. The molecule has 0 bridgehead atoms. The third kappa shape index (κ3) is 2.39. The van der Waals surface area contributed by atoms with Crippen LogP contribution in [0.1, 0.15) is 50.9 Å². The van der Waals surface area contributed by atoms with E-state index in [0.29, 0.717) is 5.92 Å². The van der Waals surface area contributed by atoms with Crippen LogP contribution in [0.5, 0.6) is 0 Å². The summed E-state index contributed by atoms with van der Waals surface area (Å²) in [6.45, 7) is 7.19. The molecule has 0 saturated heterocycles. The van der Waals surface area contributed by atoms with Gasteiger partial charge in [0.2, 0.25) is 0 Å². The van der Waals surface area contributed by atoms with Gasteiger partial charge in [0.05, 0.1) is 11.3 Å². The first-order valence-corrected chi connectivity index (χ1v) is 6.84. The molecule has 1 saturated carbocycles. The highest BCUT2D eigenvalue weighted by Crippen LogP contribution is 2.40. The molecule has 0 amide bonds. The van der Waals surface area contributed by atoms with Crippen LogP contribution < -0.4 is 0 Å². The van der Waals surface area contributed by atoms with Gasteiger partial charge in [0.1, 0.15) is 0 Å². The molecule has 1 aromatic rings. The zero-order valence-electron chi connectivity index (χ0n) is 11.2. The molecule has 1 aliphatic carbocycles. The summed E-state index contributed by atoms with van der Waals surface area (Å²) in [5.41, 5.74) is 1.75. The minimum Gasteiger partial charge on any atom is -0.389 e. The molecular formula is C14H24N2O. The lowest BCUT2D eigenvalue weighted by molar-refractivity contribution is -0.000254. The molecule has 1 fully saturated rings. The smallest absolute Gasteiger partial charge is 0.0730 e. The standard InChI is InChI=1S/C14H24N2O/c1-4-12-7-6-8-14(12,17)10-13-9-11(3)15-16(13)5-2/h9,12,17H,4-8,10H2,1-3H3. The zero-order valence-corrected chi connectivity index (χ0v) is 11.2. The highest BCUT2D eigenvalue weighted by molar-refractivity contribution is 5.13. The largest absolute Gasteiger partial charge is 0.389 e. The summed E-state index contributed by atoms with van der Waals surface area (Å²) in [4.78, 5) is 0. The quantitative estimate of drug-likeness (QED) is 0.873. The topological polar surface area (TPSA) is 38.1 Å². The molecule has 2 rings (SSSR count). The molecule has 0 aromatic carbocycles. The Bertz CT molecular complexity index is 386. The first-order valence-electron chi connectivity index (χ1n) is 6.84. The van der Waals surface area contributed by atoms with Gasteiger partial charge < -0.3 is 5.11 Å². The normalized spacial score (nSPS) is 28.8. The number of hydrogen-bond donors (Lipinski definition) is 1. The molecule has 1 heterocycles. The summed E-state index contributed by atoms with van der Waals surface area (Å²) in [7, 11) is 0. The SMILES string of the molecule is CCC1CCCC1(O)Cc1cc(C)nn1CC. The second-order valence-electron chi connectivity index (χ2n) is 5.37. The Kier molecular flexibility index (Phi) is 3.57. The van der Waals surface area contributed by atoms with E-state index in [0.717, 1.165) is 37.9 Å². The van der Waals surface area contributed by atoms with Crippen molar-refractivity contribution in [3.8, 4) is 0 Å². The maximum absolute atomic E-state index is 10.8. The van der Waals surface area contributed by atoms with Crippen molar-refractivity contribution in [1.29, 1.82) is 0 Å². The van der Waals surface area contributed by atoms with E-state index in [1.807, 2.05) is 11.6 Å². The molecule has 96 valence electrons. The van der Waals surface area contributed by atoms with Crippen LogP contribution >= 0.6 is 0 Å². The predicted octanol–water partition coefficient (Wildman–Crippen LogP) is 2.70. The second-order valence-corrected chi connectivity index (χ2v) is 5.37. The zero-order chi connectivity index (χ0) is 12.5. The van der Waals surface area contributed by atoms with E-state index in [4.69, 9.17) is 0 Å². The van der Waals surface area contributed by atoms with Gasteiger partial charge in [0.25, 0.3) is 0 Å². The van der Waals surface area contributed by atoms with Crippen LogP contribution in [0.3, 0.4) is 0 Å². The van der Waals surface area contributed by atoms with Gasteiger partial charge in [-0.2, -0.15) is 5.10 Å². The summed E-state index contributed by atoms with van der Waals surface area (Å²) in [5.74, 6) is 0.461. The molecule has 1 aliphatic rings. The summed E-state index contributed by atoms with van der Waals surface area (Å²) in [5, 5.41) is 15.3. The molecule has 0 spiro atoms.